The van der Waals surface area contributed by atoms with Crippen molar-refractivity contribution >= 4 is 136 Å². The van der Waals surface area contributed by atoms with Crippen LogP contribution in [0, 0.1) is 17.8 Å². The Balaban J connectivity index is 2.22. The second kappa shape index (κ2) is 52.3. The number of aliphatic hydroxyl groups is 1. The molecule has 786 valence electrons. The molecule has 140 heavy (non-hydrogen) atoms. The Morgan fingerprint density at radius 2 is 0.786 bits per heavy atom. The molecule has 23 amide bonds. The first-order valence-electron chi connectivity index (χ1n) is 46.8. The fourth-order valence-electron chi connectivity index (χ4n) is 14.1. The number of nitrogens with two attached hydrogens (primary N) is 3. The molecule has 1 heterocycles. The van der Waals surface area contributed by atoms with Crippen LogP contribution in [0.5, 0.6) is 0 Å². The Morgan fingerprint density at radius 3 is 1.24 bits per heavy atom. The highest BCUT2D eigenvalue weighted by Gasteiger charge is 2.49. The number of carbonyl (C=O) groups is 23. The topological polar surface area (TPSA) is 723 Å². The average Bonchev–Trinajstić information content (AvgIpc) is 1.34. The number of aliphatic hydroxyl groups excluding tert-OH is 1. The van der Waals surface area contributed by atoms with Crippen LogP contribution in [-0.2, 0) is 117 Å². The summed E-state index contributed by atoms with van der Waals surface area (Å²) in [5.41, 5.74) is 1.09. The zero-order chi connectivity index (χ0) is 108. The average molecular weight is 1980 g/mol. The quantitative estimate of drug-likeness (QED) is 0.0294. The van der Waals surface area contributed by atoms with Crippen LogP contribution in [0.4, 0.5) is 0 Å². The molecule has 0 spiro atoms. The summed E-state index contributed by atoms with van der Waals surface area (Å²) < 4.78 is 0. The summed E-state index contributed by atoms with van der Waals surface area (Å²) in [6.45, 7) is 36.6. The predicted molar refractivity (Wildman–Crippen MR) is 513 cm³/mol. The van der Waals surface area contributed by atoms with Crippen LogP contribution in [0.2, 0.25) is 0 Å². The lowest BCUT2D eigenvalue weighted by Gasteiger charge is -2.36. The molecule has 47 heteroatoms. The van der Waals surface area contributed by atoms with Gasteiger partial charge in [0.15, 0.2) is 0 Å². The van der Waals surface area contributed by atoms with E-state index < -0.39 is 297 Å². The third-order valence-electron chi connectivity index (χ3n) is 23.5. The van der Waals surface area contributed by atoms with E-state index >= 15 is 0 Å². The van der Waals surface area contributed by atoms with Crippen molar-refractivity contribution in [3.05, 3.63) is 35.9 Å². The van der Waals surface area contributed by atoms with Crippen LogP contribution in [0.1, 0.15) is 263 Å². The molecule has 0 radical (unpaired) electrons. The van der Waals surface area contributed by atoms with E-state index in [4.69, 9.17) is 17.2 Å². The van der Waals surface area contributed by atoms with Crippen molar-refractivity contribution in [1.82, 2.24) is 106 Å². The molecule has 1 aliphatic heterocycles. The summed E-state index contributed by atoms with van der Waals surface area (Å²) in [4.78, 5) is 315. The fraction of sp³-hybridized carbons (Fsp3) is 0.688. The minimum atomic E-state index is -1.92. The van der Waals surface area contributed by atoms with Gasteiger partial charge in [0.2, 0.25) is 136 Å². The highest BCUT2D eigenvalue weighted by Crippen LogP contribution is 2.25. The Labute approximate surface area is 818 Å². The Kier molecular flexibility index (Phi) is 46.0. The van der Waals surface area contributed by atoms with Crippen molar-refractivity contribution in [3.63, 3.8) is 0 Å². The lowest BCUT2D eigenvalue weighted by molar-refractivity contribution is -0.146. The molecule has 1 saturated heterocycles. The van der Waals surface area contributed by atoms with Crippen LogP contribution < -0.4 is 118 Å². The molecule has 26 N–H and O–H groups in total. The number of primary amides is 3. The predicted octanol–water partition coefficient (Wildman–Crippen LogP) is -4.26. The van der Waals surface area contributed by atoms with E-state index in [2.05, 4.69) is 101 Å². The maximum absolute atomic E-state index is 14.6. The molecule has 1 aliphatic rings. The van der Waals surface area contributed by atoms with Gasteiger partial charge in [-0.3, -0.25) is 110 Å². The first-order chi connectivity index (χ1) is 64.1. The van der Waals surface area contributed by atoms with Crippen LogP contribution in [0.15, 0.2) is 30.3 Å². The Bertz CT molecular complexity index is 4700. The minimum absolute atomic E-state index is 0.00590. The maximum atomic E-state index is 14.6. The smallest absolute Gasteiger partial charge is 0.248 e. The highest BCUT2D eigenvalue weighted by atomic mass is 16.3. The second-order valence-electron chi connectivity index (χ2n) is 41.0. The van der Waals surface area contributed by atoms with Gasteiger partial charge in [0.05, 0.1) is 19.2 Å². The summed E-state index contributed by atoms with van der Waals surface area (Å²) in [7, 11) is 0. The van der Waals surface area contributed by atoms with E-state index in [9.17, 15) is 115 Å². The number of likely N-dealkylation sites (tertiary alicyclic amines) is 1. The van der Waals surface area contributed by atoms with Gasteiger partial charge in [0.25, 0.3) is 0 Å². The molecule has 0 aromatic heterocycles. The number of nitrogens with zero attached hydrogens (tertiary/aromatic N) is 1. The molecule has 2 rings (SSSR count). The standard InChI is InChI=1S/C93H155N23O24/c1-28-50(7)66(106-80(136)88(17,18)110-71(127)58(39-42-63(96)121)103-79(135)89(19,20)114-81(137)90(21,22)109-68(124)52(9)99-78(134)87(15,16)108-67(123)51(8)98-77(133)86(13,14)107-53(10)118)75(131)113-85(11,12)76(132)97-46-64(122)101-59(44-48(3)4)72(128)111-92(25,26)84(140)116-43-33-36-60(116)73(129)105-65(49(5)6)74(130)112-91(23,24)82(138)115-93(27,29-2)83(139)104-57(38-41-62(95)120)70(126)102-56(37-40-61(94)119)69(125)100-55(47-117)45-54-34-31-30-32-35-54/h30-32,34-35,48-52,55-60,65-66,117H,28-29,33,36-47H2,1-27H3,(H2,94,119)(H2,95,120)(H2,96,121)(H,97,132)(H,98,133)(H,99,134)(H,100,125)(H,101,122)(H,102,126)(H,103,135)(H,104,139)(H,105,129)(H,106,136)(H,107,118)(H,108,123)(H,109,124)(H,110,127)(H,111,128)(H,112,130)(H,113,131)(H,114,137)(H,115,138)/t50-,51-,52-,55?,56-,57-,58-,59-,60-,65-,66-,93-/m0/s1. The van der Waals surface area contributed by atoms with Crippen molar-refractivity contribution in [2.45, 2.75) is 374 Å². The van der Waals surface area contributed by atoms with Crippen molar-refractivity contribution < 1.29 is 115 Å². The minimum Gasteiger partial charge on any atom is -0.394 e. The molecule has 0 aliphatic carbocycles. The summed E-state index contributed by atoms with van der Waals surface area (Å²) in [5, 5.41) is 58.7. The third kappa shape index (κ3) is 38.6. The SMILES string of the molecule is CC[C@H](C)[C@H](NC(=O)C(C)(C)NC(=O)[C@H](CCC(N)=O)NC(=O)C(C)(C)NC(=O)C(C)(C)NC(=O)[C@H](C)NC(=O)C(C)(C)NC(=O)[C@H](C)NC(=O)C(C)(C)NC(C)=O)C(=O)NC(C)(C)C(=O)NCC(=O)N[C@@H](CC(C)C)C(=O)NC(C)(C)C(=O)N1CCC[C@H]1C(=O)N[C@H](C(=O)NC(C)(C)C(=O)N[C@@](C)(CC)C(=O)N[C@@H](CCC(N)=O)C(=O)N[C@@H](CCC(N)=O)C(=O)NC(CO)Cc1ccccc1)C(C)C. The van der Waals surface area contributed by atoms with Gasteiger partial charge in [-0.1, -0.05) is 85.2 Å². The van der Waals surface area contributed by atoms with E-state index in [0.29, 0.717) is 6.42 Å². The van der Waals surface area contributed by atoms with Gasteiger partial charge >= 0.3 is 0 Å². The lowest BCUT2D eigenvalue weighted by atomic mass is 9.93. The summed E-state index contributed by atoms with van der Waals surface area (Å²) in [6.07, 6.45) is -1.66. The maximum Gasteiger partial charge on any atom is 0.248 e. The first-order valence-corrected chi connectivity index (χ1v) is 46.8. The number of carbonyl (C=O) groups excluding carboxylic acids is 23. The Morgan fingerprint density at radius 1 is 0.400 bits per heavy atom. The van der Waals surface area contributed by atoms with Gasteiger partial charge < -0.3 is 128 Å². The number of hydrogen-bond donors (Lipinski definition) is 23. The monoisotopic (exact) mass is 1980 g/mol. The molecule has 1 unspecified atom stereocenters. The molecule has 47 nitrogen and oxygen atoms in total. The molecular formula is C93H155N23O24. The van der Waals surface area contributed by atoms with E-state index in [0.717, 1.165) is 5.56 Å². The van der Waals surface area contributed by atoms with E-state index in [1.807, 2.05) is 0 Å². The van der Waals surface area contributed by atoms with Crippen LogP contribution >= 0.6 is 0 Å². The van der Waals surface area contributed by atoms with Crippen molar-refractivity contribution in [3.8, 4) is 0 Å². The van der Waals surface area contributed by atoms with Crippen LogP contribution in [0.25, 0.3) is 0 Å². The van der Waals surface area contributed by atoms with Crippen molar-refractivity contribution in [1.29, 1.82) is 0 Å². The van der Waals surface area contributed by atoms with Gasteiger partial charge in [-0.25, -0.2) is 0 Å². The van der Waals surface area contributed by atoms with Gasteiger partial charge in [-0.2, -0.15) is 0 Å². The summed E-state index contributed by atoms with van der Waals surface area (Å²) in [6, 6.07) is -4.42. The highest BCUT2D eigenvalue weighted by molar-refractivity contribution is 6.05. The molecule has 0 bridgehead atoms. The lowest BCUT2D eigenvalue weighted by Crippen LogP contribution is -2.67. The largest absolute Gasteiger partial charge is 0.394 e. The number of rotatable bonds is 56. The van der Waals surface area contributed by atoms with E-state index in [1.165, 1.54) is 150 Å². The number of nitrogens with one attached hydrogen (secondary N) is 19. The number of benzene rings is 1. The molecule has 0 saturated carbocycles. The van der Waals surface area contributed by atoms with E-state index in [1.54, 1.807) is 71.9 Å². The number of amides is 23. The van der Waals surface area contributed by atoms with Crippen molar-refractivity contribution in [2.24, 2.45) is 35.0 Å². The molecule has 12 atom stereocenters. The van der Waals surface area contributed by atoms with Crippen LogP contribution in [0.3, 0.4) is 0 Å². The third-order valence-corrected chi connectivity index (χ3v) is 23.5. The molecule has 1 aromatic rings. The number of hydrogen-bond acceptors (Lipinski definition) is 24. The molecule has 1 aromatic carbocycles. The normalized spacial score (nSPS) is 15.7. The van der Waals surface area contributed by atoms with E-state index in [-0.39, 0.29) is 57.4 Å². The van der Waals surface area contributed by atoms with Gasteiger partial charge in [-0.15, -0.1) is 0 Å². The molecular weight excluding hydrogens is 1820 g/mol. The van der Waals surface area contributed by atoms with Gasteiger partial charge in [0.1, 0.15) is 104 Å². The van der Waals surface area contributed by atoms with Gasteiger partial charge in [0, 0.05) is 32.7 Å². The summed E-state index contributed by atoms with van der Waals surface area (Å²) >= 11 is 0. The van der Waals surface area contributed by atoms with Crippen molar-refractivity contribution in [2.75, 3.05) is 19.7 Å². The van der Waals surface area contributed by atoms with Gasteiger partial charge in [-0.05, 0) is 206 Å². The fourth-order valence-corrected chi connectivity index (χ4v) is 14.1. The van der Waals surface area contributed by atoms with Crippen LogP contribution in [-0.4, -0.2) is 276 Å². The Hall–Kier alpha value is -13.0. The summed E-state index contributed by atoms with van der Waals surface area (Å²) in [5.74, 6) is -21.3. The zero-order valence-electron chi connectivity index (χ0n) is 86.0. The second-order valence-corrected chi connectivity index (χ2v) is 41.0. The molecule has 1 fully saturated rings. The zero-order valence-corrected chi connectivity index (χ0v) is 86.0. The first kappa shape index (κ1) is 123.